The van der Waals surface area contributed by atoms with Gasteiger partial charge >= 0.3 is 12.1 Å². The summed E-state index contributed by atoms with van der Waals surface area (Å²) in [5.41, 5.74) is 3.53. The normalized spacial score (nSPS) is 12.3. The summed E-state index contributed by atoms with van der Waals surface area (Å²) in [4.78, 5) is 39.2. The summed E-state index contributed by atoms with van der Waals surface area (Å²) in [5.74, 6) is 0.282. The first-order valence-corrected chi connectivity index (χ1v) is 15.2. The Balaban J connectivity index is 1.62. The van der Waals surface area contributed by atoms with Crippen LogP contribution in [0.5, 0.6) is 0 Å². The molecule has 0 spiro atoms. The molecule has 4 heterocycles. The van der Waals surface area contributed by atoms with Crippen molar-refractivity contribution in [1.29, 1.82) is 0 Å². The van der Waals surface area contributed by atoms with Crippen LogP contribution in [0.2, 0.25) is 0 Å². The summed E-state index contributed by atoms with van der Waals surface area (Å²) in [6, 6.07) is 16.0. The zero-order chi connectivity index (χ0) is 32.3. The van der Waals surface area contributed by atoms with Crippen molar-refractivity contribution in [3.05, 3.63) is 78.2 Å². The Morgan fingerprint density at radius 1 is 1.02 bits per heavy atom. The first-order chi connectivity index (χ1) is 21.5. The summed E-state index contributed by atoms with van der Waals surface area (Å²) in [6.45, 7) is 10.7. The molecule has 4 aromatic heterocycles. The van der Waals surface area contributed by atoms with Gasteiger partial charge in [0, 0.05) is 56.6 Å². The molecule has 5 rings (SSSR count). The number of nitrogens with zero attached hydrogens (tertiary/aromatic N) is 7. The molecule has 5 aromatic rings. The molecule has 0 aliphatic heterocycles. The number of rotatable bonds is 10. The number of amides is 1. The molecule has 0 aliphatic carbocycles. The lowest BCUT2D eigenvalue weighted by molar-refractivity contribution is 0.0275. The van der Waals surface area contributed by atoms with E-state index in [-0.39, 0.29) is 18.7 Å². The Morgan fingerprint density at radius 2 is 1.78 bits per heavy atom. The number of aromatic nitrogens is 5. The summed E-state index contributed by atoms with van der Waals surface area (Å²) in [6.07, 6.45) is 5.68. The van der Waals surface area contributed by atoms with Crippen molar-refractivity contribution in [2.24, 2.45) is 0 Å². The lowest BCUT2D eigenvalue weighted by atomic mass is 10.1. The van der Waals surface area contributed by atoms with E-state index >= 15 is 0 Å². The van der Waals surface area contributed by atoms with Gasteiger partial charge in [0.2, 0.25) is 0 Å². The number of carbonyl (C=O) groups excluding carboxylic acids is 2. The number of fused-ring (bicyclic) bond motifs is 2. The van der Waals surface area contributed by atoms with Crippen LogP contribution in [0.15, 0.2) is 67.1 Å². The molecule has 0 radical (unpaired) electrons. The molecule has 0 unspecified atom stereocenters. The van der Waals surface area contributed by atoms with Crippen LogP contribution in [0, 0.1) is 0 Å². The van der Waals surface area contributed by atoms with Crippen LogP contribution in [0.25, 0.3) is 27.9 Å². The van der Waals surface area contributed by atoms with E-state index in [0.717, 1.165) is 34.4 Å². The molecule has 0 fully saturated rings. The highest BCUT2D eigenvalue weighted by molar-refractivity contribution is 5.98. The van der Waals surface area contributed by atoms with Crippen LogP contribution in [0.3, 0.4) is 0 Å². The largest absolute Gasteiger partial charge is 0.462 e. The Labute approximate surface area is 263 Å². The Hall–Kier alpha value is -4.93. The maximum absolute atomic E-state index is 12.9. The highest BCUT2D eigenvalue weighted by atomic mass is 16.6. The van der Waals surface area contributed by atoms with Crippen molar-refractivity contribution in [3.8, 4) is 11.3 Å². The molecule has 45 heavy (non-hydrogen) atoms. The second kappa shape index (κ2) is 13.0. The fraction of sp³-hybridized carbons (Fsp3) is 0.382. The van der Waals surface area contributed by atoms with E-state index in [9.17, 15) is 9.59 Å². The van der Waals surface area contributed by atoms with Crippen LogP contribution in [0.1, 0.15) is 63.0 Å². The third-order valence-electron chi connectivity index (χ3n) is 7.52. The van der Waals surface area contributed by atoms with Crippen LogP contribution in [-0.2, 0) is 16.0 Å². The number of ether oxygens (including phenoxy) is 2. The number of benzene rings is 1. The second-order valence-corrected chi connectivity index (χ2v) is 12.1. The molecule has 11 nitrogen and oxygen atoms in total. The van der Waals surface area contributed by atoms with E-state index < -0.39 is 11.6 Å². The second-order valence-electron chi connectivity index (χ2n) is 12.1. The third kappa shape index (κ3) is 6.77. The average Bonchev–Trinajstić information content (AvgIpc) is 3.61. The number of pyridine rings is 1. The first-order valence-electron chi connectivity index (χ1n) is 15.2. The van der Waals surface area contributed by atoms with Gasteiger partial charge in [0.15, 0.2) is 5.65 Å². The van der Waals surface area contributed by atoms with Crippen molar-refractivity contribution in [2.75, 3.05) is 32.1 Å². The minimum Gasteiger partial charge on any atom is -0.462 e. The monoisotopic (exact) mass is 611 g/mol. The molecule has 1 amide bonds. The molecule has 236 valence electrons. The van der Waals surface area contributed by atoms with Crippen molar-refractivity contribution >= 4 is 34.6 Å². The first kappa shape index (κ1) is 31.5. The SMILES string of the molecule is CCOC(=O)c1cnn2c(N(C)Cc3ccccc3)cc(-c3cn([C@H](CC)CN(C)C(=O)OC(C)(C)C)c4ncccc34)nc12. The molecular formula is C34H41N7O4. The number of esters is 1. The zero-order valence-electron chi connectivity index (χ0n) is 27.0. The van der Waals surface area contributed by atoms with E-state index in [1.807, 2.05) is 70.4 Å². The molecule has 1 aromatic carbocycles. The quantitative estimate of drug-likeness (QED) is 0.168. The van der Waals surface area contributed by atoms with Crippen LogP contribution >= 0.6 is 0 Å². The maximum Gasteiger partial charge on any atom is 0.410 e. The van der Waals surface area contributed by atoms with Crippen molar-refractivity contribution in [2.45, 2.75) is 59.2 Å². The van der Waals surface area contributed by atoms with Gasteiger partial charge in [-0.3, -0.25) is 0 Å². The number of anilines is 1. The molecule has 1 atom stereocenters. The molecule has 0 saturated heterocycles. The van der Waals surface area contributed by atoms with Gasteiger partial charge < -0.3 is 23.8 Å². The number of hydrogen-bond acceptors (Lipinski definition) is 8. The minimum absolute atomic E-state index is 0.0808. The highest BCUT2D eigenvalue weighted by Gasteiger charge is 2.26. The topological polar surface area (TPSA) is 107 Å². The van der Waals surface area contributed by atoms with Gasteiger partial charge in [-0.2, -0.15) is 9.61 Å². The summed E-state index contributed by atoms with van der Waals surface area (Å²) < 4.78 is 14.7. The zero-order valence-corrected chi connectivity index (χ0v) is 27.0. The molecule has 11 heteroatoms. The van der Waals surface area contributed by atoms with Gasteiger partial charge in [-0.25, -0.2) is 19.6 Å². The van der Waals surface area contributed by atoms with Gasteiger partial charge in [-0.05, 0) is 51.8 Å². The van der Waals surface area contributed by atoms with E-state index in [4.69, 9.17) is 19.4 Å². The van der Waals surface area contributed by atoms with Gasteiger partial charge in [0.1, 0.15) is 22.6 Å². The summed E-state index contributed by atoms with van der Waals surface area (Å²) >= 11 is 0. The lowest BCUT2D eigenvalue weighted by Crippen LogP contribution is -2.37. The Bertz CT molecular complexity index is 1810. The smallest absolute Gasteiger partial charge is 0.410 e. The van der Waals surface area contributed by atoms with Crippen LogP contribution in [-0.4, -0.2) is 74.0 Å². The lowest BCUT2D eigenvalue weighted by Gasteiger charge is -2.28. The third-order valence-corrected chi connectivity index (χ3v) is 7.52. The molecule has 0 saturated carbocycles. The molecule has 0 aliphatic rings. The van der Waals surface area contributed by atoms with Gasteiger partial charge in [0.25, 0.3) is 0 Å². The van der Waals surface area contributed by atoms with Crippen LogP contribution in [0.4, 0.5) is 10.6 Å². The maximum atomic E-state index is 12.9. The Morgan fingerprint density at radius 3 is 2.47 bits per heavy atom. The fourth-order valence-electron chi connectivity index (χ4n) is 5.36. The average molecular weight is 612 g/mol. The van der Waals surface area contributed by atoms with Crippen molar-refractivity contribution < 1.29 is 19.1 Å². The number of carbonyl (C=O) groups is 2. The minimum atomic E-state index is -0.590. The van der Waals surface area contributed by atoms with E-state index in [1.54, 1.807) is 29.6 Å². The van der Waals surface area contributed by atoms with Crippen molar-refractivity contribution in [1.82, 2.24) is 29.0 Å². The van der Waals surface area contributed by atoms with E-state index in [2.05, 4.69) is 33.6 Å². The summed E-state index contributed by atoms with van der Waals surface area (Å²) in [5, 5.41) is 5.45. The summed E-state index contributed by atoms with van der Waals surface area (Å²) in [7, 11) is 3.74. The van der Waals surface area contributed by atoms with Crippen molar-refractivity contribution in [3.63, 3.8) is 0 Å². The van der Waals surface area contributed by atoms with Gasteiger partial charge in [-0.15, -0.1) is 0 Å². The predicted octanol–water partition coefficient (Wildman–Crippen LogP) is 6.38. The van der Waals surface area contributed by atoms with E-state index in [0.29, 0.717) is 30.0 Å². The number of likely N-dealkylation sites (N-methyl/N-ethyl adjacent to an activating group) is 1. The molecular weight excluding hydrogens is 570 g/mol. The number of hydrogen-bond donors (Lipinski definition) is 0. The molecule has 0 bridgehead atoms. The molecule has 0 N–H and O–H groups in total. The predicted molar refractivity (Wildman–Crippen MR) is 174 cm³/mol. The fourth-order valence-corrected chi connectivity index (χ4v) is 5.36. The van der Waals surface area contributed by atoms with Gasteiger partial charge in [-0.1, -0.05) is 37.3 Å². The highest BCUT2D eigenvalue weighted by Crippen LogP contribution is 2.34. The van der Waals surface area contributed by atoms with Gasteiger partial charge in [0.05, 0.1) is 24.5 Å². The Kier molecular flexibility index (Phi) is 9.08. The van der Waals surface area contributed by atoms with Crippen LogP contribution < -0.4 is 4.90 Å². The van der Waals surface area contributed by atoms with E-state index in [1.165, 1.54) is 6.20 Å². The standard InChI is InChI=1S/C34H41N7O4/c1-8-24(21-39(7)33(43)45-34(3,4)5)40-22-27(25-16-13-17-35-30(25)40)28-18-29(38(6)20-23-14-11-10-12-15-23)41-31(37-28)26(19-36-41)32(42)44-9-2/h10-19,22,24H,8-9,20-21H2,1-7H3/t24-/m1/s1.